The Labute approximate surface area is 81.7 Å². The second-order valence-corrected chi connectivity index (χ2v) is 4.57. The smallest absolute Gasteiger partial charge is 0.0280 e. The van der Waals surface area contributed by atoms with Gasteiger partial charge in [0.2, 0.25) is 0 Å². The number of halogens is 1. The number of rotatable bonds is 7. The van der Waals surface area contributed by atoms with E-state index in [1.54, 1.807) is 0 Å². The molecule has 1 heteroatoms. The van der Waals surface area contributed by atoms with Crippen LogP contribution in [0.2, 0.25) is 0 Å². The molecule has 0 aromatic carbocycles. The SMILES string of the molecule is CCCCCCCC1(CCl)CC1. The highest BCUT2D eigenvalue weighted by molar-refractivity contribution is 6.18. The molecule has 0 bridgehead atoms. The molecule has 0 saturated heterocycles. The summed E-state index contributed by atoms with van der Waals surface area (Å²) in [6.07, 6.45) is 11.2. The molecule has 0 radical (unpaired) electrons. The molecule has 0 heterocycles. The Hall–Kier alpha value is 0.290. The van der Waals surface area contributed by atoms with E-state index in [4.69, 9.17) is 11.6 Å². The molecule has 1 rings (SSSR count). The molecule has 1 aliphatic rings. The van der Waals surface area contributed by atoms with Crippen LogP contribution in [0.3, 0.4) is 0 Å². The van der Waals surface area contributed by atoms with Gasteiger partial charge in [-0.15, -0.1) is 11.6 Å². The minimum Gasteiger partial charge on any atom is -0.126 e. The van der Waals surface area contributed by atoms with Crippen LogP contribution in [0.4, 0.5) is 0 Å². The topological polar surface area (TPSA) is 0 Å². The van der Waals surface area contributed by atoms with E-state index in [0.717, 1.165) is 5.88 Å². The van der Waals surface area contributed by atoms with Crippen LogP contribution >= 0.6 is 11.6 Å². The summed E-state index contributed by atoms with van der Waals surface area (Å²) in [7, 11) is 0. The fourth-order valence-electron chi connectivity index (χ4n) is 1.73. The van der Waals surface area contributed by atoms with E-state index in [1.807, 2.05) is 0 Å². The monoisotopic (exact) mass is 188 g/mol. The normalized spacial score (nSPS) is 19.5. The van der Waals surface area contributed by atoms with Crippen molar-refractivity contribution in [1.82, 2.24) is 0 Å². The van der Waals surface area contributed by atoms with Gasteiger partial charge in [0.15, 0.2) is 0 Å². The van der Waals surface area contributed by atoms with Gasteiger partial charge in [-0.2, -0.15) is 0 Å². The molecule has 0 nitrogen and oxygen atoms in total. The summed E-state index contributed by atoms with van der Waals surface area (Å²) in [4.78, 5) is 0. The Bertz CT molecular complexity index is 116. The van der Waals surface area contributed by atoms with E-state index in [0.29, 0.717) is 5.41 Å². The quantitative estimate of drug-likeness (QED) is 0.411. The van der Waals surface area contributed by atoms with Crippen LogP contribution in [0, 0.1) is 5.41 Å². The van der Waals surface area contributed by atoms with E-state index in [2.05, 4.69) is 6.92 Å². The number of unbranched alkanes of at least 4 members (excludes halogenated alkanes) is 4. The Kier molecular flexibility index (Phi) is 4.42. The van der Waals surface area contributed by atoms with Gasteiger partial charge < -0.3 is 0 Å². The second kappa shape index (κ2) is 5.11. The van der Waals surface area contributed by atoms with Crippen molar-refractivity contribution >= 4 is 11.6 Å². The van der Waals surface area contributed by atoms with E-state index in [9.17, 15) is 0 Å². The zero-order valence-corrected chi connectivity index (χ0v) is 9.00. The Morgan fingerprint density at radius 2 is 1.75 bits per heavy atom. The maximum absolute atomic E-state index is 5.90. The molecule has 0 aliphatic heterocycles. The van der Waals surface area contributed by atoms with Gasteiger partial charge in [0.05, 0.1) is 0 Å². The predicted molar refractivity (Wildman–Crippen MR) is 55.8 cm³/mol. The molecular formula is C11H21Cl. The maximum atomic E-state index is 5.90. The van der Waals surface area contributed by atoms with Crippen LogP contribution in [0.15, 0.2) is 0 Å². The summed E-state index contributed by atoms with van der Waals surface area (Å²) >= 11 is 5.90. The van der Waals surface area contributed by atoms with E-state index in [-0.39, 0.29) is 0 Å². The van der Waals surface area contributed by atoms with Crippen molar-refractivity contribution in [3.8, 4) is 0 Å². The minimum absolute atomic E-state index is 0.605. The molecule has 0 amide bonds. The first kappa shape index (κ1) is 10.4. The number of alkyl halides is 1. The van der Waals surface area contributed by atoms with Gasteiger partial charge in [-0.1, -0.05) is 39.0 Å². The molecule has 0 aromatic rings. The zero-order chi connectivity index (χ0) is 8.86. The predicted octanol–water partition coefficient (Wildman–Crippen LogP) is 4.37. The Balaban J connectivity index is 1.89. The van der Waals surface area contributed by atoms with Crippen LogP contribution in [-0.4, -0.2) is 5.88 Å². The summed E-state index contributed by atoms with van der Waals surface area (Å²) < 4.78 is 0. The summed E-state index contributed by atoms with van der Waals surface area (Å²) in [5, 5.41) is 0. The van der Waals surface area contributed by atoms with Gasteiger partial charge in [0, 0.05) is 5.88 Å². The molecule has 72 valence electrons. The summed E-state index contributed by atoms with van der Waals surface area (Å²) in [6, 6.07) is 0. The maximum Gasteiger partial charge on any atom is 0.0280 e. The lowest BCUT2D eigenvalue weighted by atomic mass is 10.00. The fourth-order valence-corrected chi connectivity index (χ4v) is 2.13. The van der Waals surface area contributed by atoms with Crippen molar-refractivity contribution in [2.24, 2.45) is 5.41 Å². The molecular weight excluding hydrogens is 168 g/mol. The number of hydrogen-bond acceptors (Lipinski definition) is 0. The highest BCUT2D eigenvalue weighted by Gasteiger charge is 2.40. The first-order valence-electron chi connectivity index (χ1n) is 5.39. The highest BCUT2D eigenvalue weighted by Crippen LogP contribution is 2.50. The molecule has 0 atom stereocenters. The van der Waals surface area contributed by atoms with Crippen molar-refractivity contribution in [1.29, 1.82) is 0 Å². The van der Waals surface area contributed by atoms with Crippen LogP contribution in [0.25, 0.3) is 0 Å². The first-order chi connectivity index (χ1) is 5.83. The lowest BCUT2D eigenvalue weighted by Crippen LogP contribution is -2.01. The van der Waals surface area contributed by atoms with Crippen LogP contribution in [-0.2, 0) is 0 Å². The van der Waals surface area contributed by atoms with Gasteiger partial charge in [0.25, 0.3) is 0 Å². The van der Waals surface area contributed by atoms with Gasteiger partial charge in [0.1, 0.15) is 0 Å². The van der Waals surface area contributed by atoms with Crippen LogP contribution in [0.5, 0.6) is 0 Å². The van der Waals surface area contributed by atoms with Crippen LogP contribution < -0.4 is 0 Å². The standard InChI is InChI=1S/C11H21Cl/c1-2-3-4-5-6-7-11(10-12)8-9-11/h2-10H2,1H3. The Morgan fingerprint density at radius 3 is 2.25 bits per heavy atom. The van der Waals surface area contributed by atoms with Crippen molar-refractivity contribution in [3.63, 3.8) is 0 Å². The molecule has 0 aromatic heterocycles. The third-order valence-electron chi connectivity index (χ3n) is 3.05. The largest absolute Gasteiger partial charge is 0.126 e. The van der Waals surface area contributed by atoms with Crippen molar-refractivity contribution in [2.45, 2.75) is 58.3 Å². The van der Waals surface area contributed by atoms with Gasteiger partial charge >= 0.3 is 0 Å². The highest BCUT2D eigenvalue weighted by atomic mass is 35.5. The van der Waals surface area contributed by atoms with Crippen LogP contribution in [0.1, 0.15) is 58.3 Å². The molecule has 0 unspecified atom stereocenters. The van der Waals surface area contributed by atoms with Crippen molar-refractivity contribution < 1.29 is 0 Å². The summed E-state index contributed by atoms with van der Waals surface area (Å²) in [6.45, 7) is 2.27. The van der Waals surface area contributed by atoms with Gasteiger partial charge in [-0.05, 0) is 24.7 Å². The average Bonchev–Trinajstić information content (AvgIpc) is 2.85. The van der Waals surface area contributed by atoms with E-state index < -0.39 is 0 Å². The third kappa shape index (κ3) is 3.35. The molecule has 12 heavy (non-hydrogen) atoms. The second-order valence-electron chi connectivity index (χ2n) is 4.30. The first-order valence-corrected chi connectivity index (χ1v) is 5.92. The minimum atomic E-state index is 0.605. The average molecular weight is 189 g/mol. The van der Waals surface area contributed by atoms with E-state index in [1.165, 1.54) is 51.4 Å². The Morgan fingerprint density at radius 1 is 1.08 bits per heavy atom. The van der Waals surface area contributed by atoms with Crippen molar-refractivity contribution in [2.75, 3.05) is 5.88 Å². The lowest BCUT2D eigenvalue weighted by Gasteiger charge is -2.09. The lowest BCUT2D eigenvalue weighted by molar-refractivity contribution is 0.476. The van der Waals surface area contributed by atoms with Gasteiger partial charge in [-0.3, -0.25) is 0 Å². The fraction of sp³-hybridized carbons (Fsp3) is 1.00. The molecule has 1 fully saturated rings. The molecule has 1 aliphatic carbocycles. The zero-order valence-electron chi connectivity index (χ0n) is 8.24. The number of hydrogen-bond donors (Lipinski definition) is 0. The van der Waals surface area contributed by atoms with Crippen molar-refractivity contribution in [3.05, 3.63) is 0 Å². The molecule has 0 spiro atoms. The molecule has 1 saturated carbocycles. The van der Waals surface area contributed by atoms with Gasteiger partial charge in [-0.25, -0.2) is 0 Å². The third-order valence-corrected chi connectivity index (χ3v) is 3.62. The summed E-state index contributed by atoms with van der Waals surface area (Å²) in [5.74, 6) is 0.904. The molecule has 0 N–H and O–H groups in total. The van der Waals surface area contributed by atoms with E-state index >= 15 is 0 Å². The summed E-state index contributed by atoms with van der Waals surface area (Å²) in [5.41, 5.74) is 0.605.